The number of benzene rings is 1. The molecule has 10 amide bonds. The van der Waals surface area contributed by atoms with Gasteiger partial charge < -0.3 is 61.2 Å². The molecule has 2 unspecified atom stereocenters. The molecule has 3 rings (SSSR count). The van der Waals surface area contributed by atoms with Crippen LogP contribution < -0.4 is 32.3 Å². The van der Waals surface area contributed by atoms with Crippen molar-refractivity contribution in [3.63, 3.8) is 0 Å². The van der Waals surface area contributed by atoms with E-state index in [-0.39, 0.29) is 119 Å². The predicted molar refractivity (Wildman–Crippen MR) is 250 cm³/mol. The molecule has 0 aromatic heterocycles. The van der Waals surface area contributed by atoms with Gasteiger partial charge in [-0.1, -0.05) is 46.8 Å². The van der Waals surface area contributed by atoms with Crippen LogP contribution in [0, 0.1) is 17.3 Å². The first-order valence-electron chi connectivity index (χ1n) is 23.2. The number of rotatable bonds is 26. The molecule has 2 aliphatic rings. The summed E-state index contributed by atoms with van der Waals surface area (Å²) >= 11 is 0. The number of likely N-dealkylation sites (N-methyl/N-ethyl adjacent to an activating group) is 1. The first-order chi connectivity index (χ1) is 32.1. The number of carbonyl (C=O) groups is 9. The minimum atomic E-state index is -1.22. The SMILES string of the molecule is CC(C)[C@H](NC(=O)CCOCCOCCNC(=O)CCN1C(=O)CC(CC(C)(C)C)C1=O)C(=O)N[C@@H](CCCNC(N)=O)C(=O)Nc1ccc(C(OC(=O)N(C)C)C(=O)N2CCN(C)CC2)cc1. The summed E-state index contributed by atoms with van der Waals surface area (Å²) in [5.41, 5.74) is 5.84. The number of anilines is 1. The van der Waals surface area contributed by atoms with Crippen molar-refractivity contribution in [1.29, 1.82) is 0 Å². The number of likely N-dealkylation sites (tertiary alicyclic amines) is 1. The maximum Gasteiger partial charge on any atom is 0.410 e. The lowest BCUT2D eigenvalue weighted by atomic mass is 9.84. The Bertz CT molecular complexity index is 1880. The minimum absolute atomic E-state index is 0.00396. The fourth-order valence-corrected chi connectivity index (χ4v) is 7.40. The highest BCUT2D eigenvalue weighted by atomic mass is 16.6. The number of urea groups is 1. The highest BCUT2D eigenvalue weighted by molar-refractivity contribution is 6.04. The summed E-state index contributed by atoms with van der Waals surface area (Å²) in [6, 6.07) is 3.39. The fraction of sp³-hybridized carbons (Fsp3) is 0.674. The Morgan fingerprint density at radius 2 is 1.47 bits per heavy atom. The van der Waals surface area contributed by atoms with Crippen LogP contribution in [0.5, 0.6) is 0 Å². The van der Waals surface area contributed by atoms with Crippen molar-refractivity contribution < 1.29 is 57.4 Å². The van der Waals surface area contributed by atoms with Crippen LogP contribution in [0.2, 0.25) is 0 Å². The lowest BCUT2D eigenvalue weighted by molar-refractivity contribution is -0.143. The molecule has 68 heavy (non-hydrogen) atoms. The number of hydrogen-bond acceptors (Lipinski definition) is 13. The molecule has 2 saturated heterocycles. The summed E-state index contributed by atoms with van der Waals surface area (Å²) in [6.45, 7) is 12.8. The summed E-state index contributed by atoms with van der Waals surface area (Å²) < 4.78 is 16.6. The van der Waals surface area contributed by atoms with Gasteiger partial charge in [-0.25, -0.2) is 9.59 Å². The zero-order valence-corrected chi connectivity index (χ0v) is 41.0. The predicted octanol–water partition coefficient (Wildman–Crippen LogP) is 0.953. The number of ether oxygens (including phenoxy) is 3. The maximum atomic E-state index is 13.7. The molecule has 2 heterocycles. The van der Waals surface area contributed by atoms with Crippen LogP contribution in [0.4, 0.5) is 15.3 Å². The van der Waals surface area contributed by atoms with Gasteiger partial charge in [0, 0.05) is 96.3 Å². The highest BCUT2D eigenvalue weighted by Gasteiger charge is 2.40. The molecule has 2 fully saturated rings. The number of carbonyl (C=O) groups excluding carboxylic acids is 9. The van der Waals surface area contributed by atoms with E-state index in [0.29, 0.717) is 43.9 Å². The normalized spacial score (nSPS) is 16.7. The van der Waals surface area contributed by atoms with E-state index in [1.165, 1.54) is 23.9 Å². The van der Waals surface area contributed by atoms with Crippen LogP contribution >= 0.6 is 0 Å². The molecular formula is C46H74N10O12. The molecule has 0 aliphatic carbocycles. The van der Waals surface area contributed by atoms with Crippen molar-refractivity contribution >= 4 is 59.2 Å². The van der Waals surface area contributed by atoms with Crippen molar-refractivity contribution in [3.8, 4) is 0 Å². The molecule has 0 saturated carbocycles. The molecule has 0 bridgehead atoms. The van der Waals surface area contributed by atoms with E-state index < -0.39 is 48.0 Å². The Balaban J connectivity index is 1.46. The lowest BCUT2D eigenvalue weighted by Crippen LogP contribution is -2.54. The van der Waals surface area contributed by atoms with E-state index in [2.05, 4.69) is 31.5 Å². The average Bonchev–Trinajstić information content (AvgIpc) is 3.53. The minimum Gasteiger partial charge on any atom is -0.431 e. The number of nitrogens with two attached hydrogens (primary N) is 1. The van der Waals surface area contributed by atoms with Gasteiger partial charge in [0.2, 0.25) is 41.5 Å². The Hall–Kier alpha value is -5.87. The van der Waals surface area contributed by atoms with Crippen LogP contribution in [0.15, 0.2) is 24.3 Å². The first kappa shape index (κ1) is 56.5. The smallest absolute Gasteiger partial charge is 0.410 e. The lowest BCUT2D eigenvalue weighted by Gasteiger charge is -2.34. The Morgan fingerprint density at radius 1 is 0.824 bits per heavy atom. The number of imide groups is 1. The van der Waals surface area contributed by atoms with Crippen LogP contribution in [0.3, 0.4) is 0 Å². The van der Waals surface area contributed by atoms with Gasteiger partial charge in [0.05, 0.1) is 26.4 Å². The van der Waals surface area contributed by atoms with E-state index in [0.717, 1.165) is 0 Å². The van der Waals surface area contributed by atoms with Gasteiger partial charge in [-0.3, -0.25) is 38.5 Å². The topological polar surface area (TPSA) is 280 Å². The molecule has 2 aliphatic heterocycles. The fourth-order valence-electron chi connectivity index (χ4n) is 7.40. The number of amides is 10. The van der Waals surface area contributed by atoms with E-state index >= 15 is 0 Å². The molecule has 22 nitrogen and oxygen atoms in total. The van der Waals surface area contributed by atoms with Crippen LogP contribution in [0.1, 0.15) is 84.8 Å². The van der Waals surface area contributed by atoms with Gasteiger partial charge in [-0.15, -0.1) is 0 Å². The summed E-state index contributed by atoms with van der Waals surface area (Å²) in [5.74, 6) is -3.54. The van der Waals surface area contributed by atoms with Crippen LogP contribution in [0.25, 0.3) is 0 Å². The summed E-state index contributed by atoms with van der Waals surface area (Å²) in [7, 11) is 4.99. The van der Waals surface area contributed by atoms with E-state index in [9.17, 15) is 43.2 Å². The number of primary amides is 1. The molecule has 1 aromatic rings. The number of nitrogens with one attached hydrogen (secondary N) is 5. The Morgan fingerprint density at radius 3 is 2.07 bits per heavy atom. The molecule has 0 spiro atoms. The second kappa shape index (κ2) is 27.8. The maximum absolute atomic E-state index is 13.7. The standard InChI is InChI=1S/C46H74N10O12/c1-30(2)38(52-36(58)16-24-66-26-27-67-25-18-48-35(57)15-19-56-37(59)28-32(42(56)62)29-46(3,4)5)41(61)51-34(10-9-17-49-44(47)64)40(60)50-33-13-11-31(12-14-33)39(68-45(65)53(6)7)43(63)55-22-20-54(8)21-23-55/h11-14,30,32,34,38-39H,9-10,15-29H2,1-8H3,(H,48,57)(H,50,60)(H,51,61)(H,52,58)(H3,47,49,64)/t32?,34-,38-,39?/m0/s1. The van der Waals surface area contributed by atoms with Crippen molar-refractivity contribution in [2.75, 3.05) is 98.7 Å². The third-order valence-corrected chi connectivity index (χ3v) is 11.1. The van der Waals surface area contributed by atoms with Gasteiger partial charge in [-0.2, -0.15) is 0 Å². The molecular weight excluding hydrogens is 885 g/mol. The largest absolute Gasteiger partial charge is 0.431 e. The quantitative estimate of drug-likeness (QED) is 0.0558. The highest BCUT2D eigenvalue weighted by Crippen LogP contribution is 2.32. The van der Waals surface area contributed by atoms with E-state index in [1.807, 2.05) is 27.8 Å². The van der Waals surface area contributed by atoms with E-state index in [4.69, 9.17) is 19.9 Å². The second-order valence-electron chi connectivity index (χ2n) is 18.8. The monoisotopic (exact) mass is 959 g/mol. The number of piperazine rings is 1. The Labute approximate surface area is 399 Å². The van der Waals surface area contributed by atoms with Gasteiger partial charge in [0.15, 0.2) is 0 Å². The van der Waals surface area contributed by atoms with Crippen molar-refractivity contribution in [1.82, 2.24) is 40.9 Å². The zero-order chi connectivity index (χ0) is 50.6. The molecule has 4 atom stereocenters. The van der Waals surface area contributed by atoms with Crippen molar-refractivity contribution in [2.24, 2.45) is 23.0 Å². The first-order valence-corrected chi connectivity index (χ1v) is 23.2. The third-order valence-electron chi connectivity index (χ3n) is 11.1. The van der Waals surface area contributed by atoms with Crippen molar-refractivity contribution in [2.45, 2.75) is 91.3 Å². The molecule has 22 heteroatoms. The van der Waals surface area contributed by atoms with Gasteiger partial charge in [0.25, 0.3) is 5.91 Å². The van der Waals surface area contributed by atoms with Gasteiger partial charge in [0.1, 0.15) is 12.1 Å². The molecule has 1 aromatic carbocycles. The van der Waals surface area contributed by atoms with Gasteiger partial charge >= 0.3 is 12.1 Å². The second-order valence-corrected chi connectivity index (χ2v) is 18.8. The van der Waals surface area contributed by atoms with Crippen molar-refractivity contribution in [3.05, 3.63) is 29.8 Å². The Kier molecular flexibility index (Phi) is 23.1. The van der Waals surface area contributed by atoms with Gasteiger partial charge in [-0.05, 0) is 49.8 Å². The van der Waals surface area contributed by atoms with Crippen LogP contribution in [-0.4, -0.2) is 179 Å². The third kappa shape index (κ3) is 19.8. The molecule has 0 radical (unpaired) electrons. The molecule has 7 N–H and O–H groups in total. The average molecular weight is 959 g/mol. The van der Waals surface area contributed by atoms with Crippen LogP contribution in [-0.2, 0) is 47.8 Å². The summed E-state index contributed by atoms with van der Waals surface area (Å²) in [5, 5.41) is 13.4. The summed E-state index contributed by atoms with van der Waals surface area (Å²) in [4.78, 5) is 121. The van der Waals surface area contributed by atoms with E-state index in [1.54, 1.807) is 43.0 Å². The number of nitrogens with zero attached hydrogens (tertiary/aromatic N) is 4. The number of hydrogen-bond donors (Lipinski definition) is 6. The molecule has 380 valence electrons. The zero-order valence-electron chi connectivity index (χ0n) is 41.0. The summed E-state index contributed by atoms with van der Waals surface area (Å²) in [6.07, 6.45) is -0.852.